The van der Waals surface area contributed by atoms with E-state index < -0.39 is 17.9 Å². The molecule has 0 aliphatic carbocycles. The molecule has 2 N–H and O–H groups in total. The van der Waals surface area contributed by atoms with E-state index in [1.54, 1.807) is 11.0 Å². The topological polar surface area (TPSA) is 87.7 Å². The molecule has 1 fully saturated rings. The van der Waals surface area contributed by atoms with Crippen molar-refractivity contribution in [2.24, 2.45) is 0 Å². The Hall–Kier alpha value is -4.04. The summed E-state index contributed by atoms with van der Waals surface area (Å²) in [5.41, 5.74) is 1.96. The van der Waals surface area contributed by atoms with Crippen molar-refractivity contribution in [2.75, 3.05) is 19.7 Å². The Balaban J connectivity index is 1.33. The Morgan fingerprint density at radius 2 is 1.81 bits per heavy atom. The number of hydrogen-bond acceptors (Lipinski definition) is 5. The van der Waals surface area contributed by atoms with Crippen LogP contribution in [0, 0.1) is 0 Å². The summed E-state index contributed by atoms with van der Waals surface area (Å²) in [6, 6.07) is 22.6. The molecule has 1 heterocycles. The first kappa shape index (κ1) is 25.1. The summed E-state index contributed by atoms with van der Waals surface area (Å²) in [5.74, 6) is -1.24. The van der Waals surface area contributed by atoms with E-state index >= 15 is 0 Å². The van der Waals surface area contributed by atoms with Gasteiger partial charge < -0.3 is 15.0 Å². The average Bonchev–Trinajstić information content (AvgIpc) is 2.89. The minimum absolute atomic E-state index is 0.0968. The number of carbonyl (C=O) groups excluding carboxylic acids is 3. The SMILES string of the molecule is O=C(C=Cc1cccc2ccccc12)NC(=S)N1CCNC(=O)C1CC(=O)OCCc1ccccc1. The number of amides is 2. The van der Waals surface area contributed by atoms with Gasteiger partial charge in [-0.3, -0.25) is 19.7 Å². The molecule has 8 heteroatoms. The second kappa shape index (κ2) is 12.1. The van der Waals surface area contributed by atoms with Crippen molar-refractivity contribution in [2.45, 2.75) is 18.9 Å². The molecular weight excluding hydrogens is 474 g/mol. The van der Waals surface area contributed by atoms with Crippen LogP contribution in [0.4, 0.5) is 0 Å². The van der Waals surface area contributed by atoms with Crippen molar-refractivity contribution < 1.29 is 19.1 Å². The van der Waals surface area contributed by atoms with Gasteiger partial charge in [0, 0.05) is 25.6 Å². The number of benzene rings is 3. The van der Waals surface area contributed by atoms with Crippen LogP contribution < -0.4 is 10.6 Å². The summed E-state index contributed by atoms with van der Waals surface area (Å²) >= 11 is 5.42. The number of nitrogens with one attached hydrogen (secondary N) is 2. The summed E-state index contributed by atoms with van der Waals surface area (Å²) in [6.07, 6.45) is 3.56. The van der Waals surface area contributed by atoms with E-state index in [0.717, 1.165) is 21.9 Å². The van der Waals surface area contributed by atoms with Crippen molar-refractivity contribution in [3.63, 3.8) is 0 Å². The van der Waals surface area contributed by atoms with E-state index in [2.05, 4.69) is 10.6 Å². The Morgan fingerprint density at radius 3 is 2.64 bits per heavy atom. The van der Waals surface area contributed by atoms with Crippen LogP contribution in [0.1, 0.15) is 17.5 Å². The van der Waals surface area contributed by atoms with Gasteiger partial charge in [0.25, 0.3) is 0 Å². The van der Waals surface area contributed by atoms with Gasteiger partial charge in [0.15, 0.2) is 5.11 Å². The van der Waals surface area contributed by atoms with E-state index in [1.807, 2.05) is 72.8 Å². The number of hydrogen-bond donors (Lipinski definition) is 2. The Labute approximate surface area is 215 Å². The Morgan fingerprint density at radius 1 is 1.06 bits per heavy atom. The highest BCUT2D eigenvalue weighted by molar-refractivity contribution is 7.80. The van der Waals surface area contributed by atoms with Gasteiger partial charge in [-0.15, -0.1) is 0 Å². The zero-order chi connectivity index (χ0) is 25.3. The lowest BCUT2D eigenvalue weighted by molar-refractivity contribution is -0.147. The number of thiocarbonyl (C=S) groups is 1. The van der Waals surface area contributed by atoms with E-state index in [9.17, 15) is 14.4 Å². The lowest BCUT2D eigenvalue weighted by Gasteiger charge is -2.36. The molecule has 36 heavy (non-hydrogen) atoms. The van der Waals surface area contributed by atoms with Crippen molar-refractivity contribution in [1.29, 1.82) is 0 Å². The zero-order valence-corrected chi connectivity index (χ0v) is 20.5. The second-order valence-corrected chi connectivity index (χ2v) is 8.74. The molecule has 184 valence electrons. The van der Waals surface area contributed by atoms with Crippen molar-refractivity contribution in [3.05, 3.63) is 90.0 Å². The van der Waals surface area contributed by atoms with Gasteiger partial charge >= 0.3 is 5.97 Å². The summed E-state index contributed by atoms with van der Waals surface area (Å²) in [5, 5.41) is 7.61. The van der Waals surface area contributed by atoms with Crippen molar-refractivity contribution in [1.82, 2.24) is 15.5 Å². The molecule has 0 spiro atoms. The molecule has 1 aliphatic rings. The molecule has 1 aliphatic heterocycles. The molecule has 4 rings (SSSR count). The third kappa shape index (κ3) is 6.55. The van der Waals surface area contributed by atoms with Gasteiger partial charge in [-0.05, 0) is 40.2 Å². The number of nitrogens with zero attached hydrogens (tertiary/aromatic N) is 1. The molecule has 0 radical (unpaired) electrons. The van der Waals surface area contributed by atoms with Crippen molar-refractivity contribution >= 4 is 52.0 Å². The minimum atomic E-state index is -0.849. The molecule has 7 nitrogen and oxygen atoms in total. The third-order valence-corrected chi connectivity index (χ3v) is 6.25. The zero-order valence-electron chi connectivity index (χ0n) is 19.7. The molecule has 3 aromatic rings. The molecule has 0 saturated carbocycles. The number of carbonyl (C=O) groups is 3. The molecule has 2 amide bonds. The van der Waals surface area contributed by atoms with Gasteiger partial charge in [-0.2, -0.15) is 0 Å². The summed E-state index contributed by atoms with van der Waals surface area (Å²) in [7, 11) is 0. The quantitative estimate of drug-likeness (QED) is 0.294. The smallest absolute Gasteiger partial charge is 0.308 e. The van der Waals surface area contributed by atoms with Crippen LogP contribution in [0.3, 0.4) is 0 Å². The summed E-state index contributed by atoms with van der Waals surface area (Å²) < 4.78 is 5.34. The predicted molar refractivity (Wildman–Crippen MR) is 143 cm³/mol. The van der Waals surface area contributed by atoms with Crippen LogP contribution in [0.25, 0.3) is 16.8 Å². The number of esters is 1. The fourth-order valence-corrected chi connectivity index (χ4v) is 4.40. The highest BCUT2D eigenvalue weighted by atomic mass is 32.1. The second-order valence-electron chi connectivity index (χ2n) is 8.36. The lowest BCUT2D eigenvalue weighted by Crippen LogP contribution is -2.60. The Kier molecular flexibility index (Phi) is 8.41. The standard InChI is InChI=1S/C28H27N3O4S/c32-25(14-13-22-11-6-10-21-9-4-5-12-23(21)22)30-28(36)31-17-16-29-27(34)24(31)19-26(33)35-18-15-20-7-2-1-3-8-20/h1-14,24H,15-19H2,(H,29,34)(H,30,32,36). The van der Waals surface area contributed by atoms with Gasteiger partial charge in [0.05, 0.1) is 13.0 Å². The summed E-state index contributed by atoms with van der Waals surface area (Å²) in [4.78, 5) is 39.1. The first-order valence-electron chi connectivity index (χ1n) is 11.8. The van der Waals surface area contributed by atoms with Crippen LogP contribution in [0.2, 0.25) is 0 Å². The van der Waals surface area contributed by atoms with E-state index in [1.165, 1.54) is 6.08 Å². The first-order valence-corrected chi connectivity index (χ1v) is 12.2. The maximum Gasteiger partial charge on any atom is 0.308 e. The average molecular weight is 502 g/mol. The molecule has 0 aromatic heterocycles. The fourth-order valence-electron chi connectivity index (χ4n) is 4.09. The number of piperazine rings is 1. The normalized spacial score (nSPS) is 15.5. The van der Waals surface area contributed by atoms with Crippen LogP contribution in [-0.4, -0.2) is 53.5 Å². The van der Waals surface area contributed by atoms with E-state index in [4.69, 9.17) is 17.0 Å². The number of ether oxygens (including phenoxy) is 1. The Bertz CT molecular complexity index is 1290. The molecule has 0 bridgehead atoms. The number of fused-ring (bicyclic) bond motifs is 1. The summed E-state index contributed by atoms with van der Waals surface area (Å²) in [6.45, 7) is 0.956. The monoisotopic (exact) mass is 501 g/mol. The largest absolute Gasteiger partial charge is 0.465 e. The van der Waals surface area contributed by atoms with Gasteiger partial charge in [0.2, 0.25) is 11.8 Å². The van der Waals surface area contributed by atoms with Crippen molar-refractivity contribution in [3.8, 4) is 0 Å². The fraction of sp³-hybridized carbons (Fsp3) is 0.214. The molecule has 1 saturated heterocycles. The molecule has 1 atom stereocenters. The maximum atomic E-state index is 12.6. The van der Waals surface area contributed by atoms with E-state index in [0.29, 0.717) is 19.5 Å². The highest BCUT2D eigenvalue weighted by Crippen LogP contribution is 2.19. The van der Waals surface area contributed by atoms with Gasteiger partial charge in [-0.25, -0.2) is 0 Å². The molecule has 1 unspecified atom stereocenters. The van der Waals surface area contributed by atoms with Gasteiger partial charge in [-0.1, -0.05) is 72.8 Å². The molecular formula is C28H27N3O4S. The predicted octanol–water partition coefficient (Wildman–Crippen LogP) is 3.23. The third-order valence-electron chi connectivity index (χ3n) is 5.92. The van der Waals surface area contributed by atoms with E-state index in [-0.39, 0.29) is 24.0 Å². The first-order chi connectivity index (χ1) is 17.5. The van der Waals surface area contributed by atoms with Crippen LogP contribution in [-0.2, 0) is 25.5 Å². The van der Waals surface area contributed by atoms with Crippen LogP contribution in [0.5, 0.6) is 0 Å². The number of rotatable bonds is 7. The molecule has 3 aromatic carbocycles. The van der Waals surface area contributed by atoms with Crippen LogP contribution in [0.15, 0.2) is 78.9 Å². The lowest BCUT2D eigenvalue weighted by atomic mass is 10.0. The van der Waals surface area contributed by atoms with Crippen LogP contribution >= 0.6 is 12.2 Å². The minimum Gasteiger partial charge on any atom is -0.465 e. The maximum absolute atomic E-state index is 12.6. The highest BCUT2D eigenvalue weighted by Gasteiger charge is 2.34. The van der Waals surface area contributed by atoms with Gasteiger partial charge in [0.1, 0.15) is 6.04 Å².